The Balaban J connectivity index is 4.33. The number of esters is 3. The van der Waals surface area contributed by atoms with Crippen LogP contribution in [-0.2, 0) is 28.6 Å². The molecule has 6 heteroatoms. The van der Waals surface area contributed by atoms with Crippen molar-refractivity contribution in [2.45, 2.75) is 309 Å². The van der Waals surface area contributed by atoms with Crippen molar-refractivity contribution in [3.8, 4) is 0 Å². The number of rotatable bonds is 58. The van der Waals surface area contributed by atoms with E-state index in [1.807, 2.05) is 0 Å². The molecular weight excluding hydrogens is 949 g/mol. The summed E-state index contributed by atoms with van der Waals surface area (Å²) in [6.45, 7) is 6.41. The van der Waals surface area contributed by atoms with E-state index in [0.29, 0.717) is 12.8 Å². The van der Waals surface area contributed by atoms with Gasteiger partial charge in [-0.2, -0.15) is 0 Å². The number of hydrogen-bond acceptors (Lipinski definition) is 6. The SMILES string of the molecule is CC/C=C\C/C=C\C/C=C\C/C=C\C/C=C\CCCCCC(=O)OC(COC(=O)CCCCCCCCCCCCCCC)COC(=O)CCCCCCCCCCCCCCCC/C=C\C/C=C\C/C=C\C/C=C\CC. The Bertz CT molecular complexity index is 1560. The van der Waals surface area contributed by atoms with Crippen LogP contribution >= 0.6 is 0 Å². The first-order valence-electron chi connectivity index (χ1n) is 32.4. The molecule has 0 amide bonds. The zero-order valence-corrected chi connectivity index (χ0v) is 50.4. The number of carbonyl (C=O) groups is 3. The highest BCUT2D eigenvalue weighted by atomic mass is 16.6. The summed E-state index contributed by atoms with van der Waals surface area (Å²) in [6.07, 6.45) is 88.1. The molecule has 0 heterocycles. The summed E-state index contributed by atoms with van der Waals surface area (Å²) in [5, 5.41) is 0. The van der Waals surface area contributed by atoms with Gasteiger partial charge in [0.15, 0.2) is 6.10 Å². The summed E-state index contributed by atoms with van der Waals surface area (Å²) >= 11 is 0. The van der Waals surface area contributed by atoms with Gasteiger partial charge >= 0.3 is 17.9 Å². The Morgan fingerprint density at radius 3 is 0.805 bits per heavy atom. The van der Waals surface area contributed by atoms with Gasteiger partial charge in [0.25, 0.3) is 0 Å². The van der Waals surface area contributed by atoms with Crippen molar-refractivity contribution >= 4 is 17.9 Å². The fourth-order valence-corrected chi connectivity index (χ4v) is 8.99. The standard InChI is InChI=1S/C71H120O6/c1-4-7-10-13-16-19-22-25-27-29-31-32-33-34-35-36-37-38-40-41-43-46-49-52-55-58-61-64-70(73)76-67-68(66-75-69(72)63-60-57-54-51-48-45-24-21-18-15-12-9-6-3)77-71(74)65-62-59-56-53-50-47-44-42-39-30-28-26-23-20-17-14-11-8-5-2/h7-8,10-11,16-17,19-20,25-28,31-32,39,42,47,50,68H,4-6,9,12-15,18,21-24,29-30,33-38,40-41,43-46,48-49,51-67H2,1-3H3/b10-7-,11-8-,19-16-,20-17-,27-25-,28-26-,32-31-,42-39-,50-47-. The van der Waals surface area contributed by atoms with Crippen LogP contribution in [0.1, 0.15) is 303 Å². The van der Waals surface area contributed by atoms with Crippen molar-refractivity contribution in [1.29, 1.82) is 0 Å². The van der Waals surface area contributed by atoms with Crippen molar-refractivity contribution in [3.05, 3.63) is 109 Å². The summed E-state index contributed by atoms with van der Waals surface area (Å²) in [6, 6.07) is 0. The molecule has 77 heavy (non-hydrogen) atoms. The molecule has 0 fully saturated rings. The van der Waals surface area contributed by atoms with Gasteiger partial charge < -0.3 is 14.2 Å². The van der Waals surface area contributed by atoms with Crippen LogP contribution in [0.2, 0.25) is 0 Å². The second-order valence-electron chi connectivity index (χ2n) is 21.3. The summed E-state index contributed by atoms with van der Waals surface area (Å²) in [5.41, 5.74) is 0. The fraction of sp³-hybridized carbons (Fsp3) is 0.704. The first kappa shape index (κ1) is 73.1. The molecule has 440 valence electrons. The van der Waals surface area contributed by atoms with E-state index in [9.17, 15) is 14.4 Å². The molecule has 0 aliphatic heterocycles. The third kappa shape index (κ3) is 62.8. The monoisotopic (exact) mass is 1070 g/mol. The third-order valence-corrected chi connectivity index (χ3v) is 13.8. The molecule has 0 radical (unpaired) electrons. The van der Waals surface area contributed by atoms with Crippen LogP contribution in [0.3, 0.4) is 0 Å². The maximum absolute atomic E-state index is 12.9. The van der Waals surface area contributed by atoms with Gasteiger partial charge in [-0.1, -0.05) is 291 Å². The molecule has 0 spiro atoms. The van der Waals surface area contributed by atoms with E-state index in [2.05, 4.69) is 130 Å². The van der Waals surface area contributed by atoms with E-state index in [-0.39, 0.29) is 37.5 Å². The summed E-state index contributed by atoms with van der Waals surface area (Å²) in [7, 11) is 0. The second kappa shape index (κ2) is 64.6. The van der Waals surface area contributed by atoms with Gasteiger partial charge in [-0.05, 0) is 103 Å². The zero-order valence-electron chi connectivity index (χ0n) is 50.4. The highest BCUT2D eigenvalue weighted by Crippen LogP contribution is 2.16. The van der Waals surface area contributed by atoms with E-state index < -0.39 is 6.10 Å². The molecule has 6 nitrogen and oxygen atoms in total. The number of allylic oxidation sites excluding steroid dienone is 18. The lowest BCUT2D eigenvalue weighted by molar-refractivity contribution is -0.167. The Morgan fingerprint density at radius 2 is 0.506 bits per heavy atom. The van der Waals surface area contributed by atoms with Gasteiger partial charge in [0.2, 0.25) is 0 Å². The lowest BCUT2D eigenvalue weighted by atomic mass is 10.0. The number of unbranched alkanes of at least 4 members (excludes halogenated alkanes) is 29. The predicted octanol–water partition coefficient (Wildman–Crippen LogP) is 22.2. The van der Waals surface area contributed by atoms with Gasteiger partial charge in [-0.3, -0.25) is 14.4 Å². The highest BCUT2D eigenvalue weighted by Gasteiger charge is 2.19. The molecule has 0 aliphatic carbocycles. The predicted molar refractivity (Wildman–Crippen MR) is 334 cm³/mol. The van der Waals surface area contributed by atoms with Crippen molar-refractivity contribution in [2.24, 2.45) is 0 Å². The van der Waals surface area contributed by atoms with Crippen molar-refractivity contribution in [2.75, 3.05) is 13.2 Å². The van der Waals surface area contributed by atoms with Gasteiger partial charge in [0, 0.05) is 19.3 Å². The minimum Gasteiger partial charge on any atom is -0.462 e. The van der Waals surface area contributed by atoms with E-state index in [4.69, 9.17) is 14.2 Å². The van der Waals surface area contributed by atoms with Crippen LogP contribution < -0.4 is 0 Å². The summed E-state index contributed by atoms with van der Waals surface area (Å²) in [4.78, 5) is 38.3. The van der Waals surface area contributed by atoms with Crippen LogP contribution in [0.5, 0.6) is 0 Å². The lowest BCUT2D eigenvalue weighted by Gasteiger charge is -2.18. The Morgan fingerprint density at radius 1 is 0.273 bits per heavy atom. The van der Waals surface area contributed by atoms with Crippen LogP contribution in [0.25, 0.3) is 0 Å². The molecular formula is C71H120O6. The molecule has 0 saturated carbocycles. The van der Waals surface area contributed by atoms with Gasteiger partial charge in [0.05, 0.1) is 0 Å². The largest absolute Gasteiger partial charge is 0.462 e. The van der Waals surface area contributed by atoms with Crippen LogP contribution in [0.4, 0.5) is 0 Å². The van der Waals surface area contributed by atoms with Gasteiger partial charge in [-0.15, -0.1) is 0 Å². The molecule has 1 unspecified atom stereocenters. The number of hydrogen-bond donors (Lipinski definition) is 0. The third-order valence-electron chi connectivity index (χ3n) is 13.8. The smallest absolute Gasteiger partial charge is 0.306 e. The average Bonchev–Trinajstić information content (AvgIpc) is 3.43. The minimum absolute atomic E-state index is 0.0892. The maximum Gasteiger partial charge on any atom is 0.306 e. The normalized spacial score (nSPS) is 12.8. The minimum atomic E-state index is -0.796. The van der Waals surface area contributed by atoms with Gasteiger partial charge in [-0.25, -0.2) is 0 Å². The first-order valence-corrected chi connectivity index (χ1v) is 32.4. The quantitative estimate of drug-likeness (QED) is 0.0261. The van der Waals surface area contributed by atoms with E-state index >= 15 is 0 Å². The van der Waals surface area contributed by atoms with Crippen LogP contribution in [-0.4, -0.2) is 37.2 Å². The molecule has 0 aromatic rings. The zero-order chi connectivity index (χ0) is 55.7. The summed E-state index contributed by atoms with van der Waals surface area (Å²) < 4.78 is 16.9. The number of ether oxygens (including phenoxy) is 3. The molecule has 0 N–H and O–H groups in total. The Labute approximate surface area is 476 Å². The molecule has 0 aromatic carbocycles. The lowest BCUT2D eigenvalue weighted by Crippen LogP contribution is -2.30. The fourth-order valence-electron chi connectivity index (χ4n) is 8.99. The molecule has 0 saturated heterocycles. The van der Waals surface area contributed by atoms with Crippen LogP contribution in [0.15, 0.2) is 109 Å². The molecule has 0 rings (SSSR count). The molecule has 0 aliphatic rings. The van der Waals surface area contributed by atoms with Crippen molar-refractivity contribution in [3.63, 3.8) is 0 Å². The Kier molecular flexibility index (Phi) is 61.3. The maximum atomic E-state index is 12.9. The summed E-state index contributed by atoms with van der Waals surface area (Å²) in [5.74, 6) is -0.913. The van der Waals surface area contributed by atoms with E-state index in [0.717, 1.165) is 122 Å². The molecule has 0 bridgehead atoms. The second-order valence-corrected chi connectivity index (χ2v) is 21.3. The topological polar surface area (TPSA) is 78.9 Å². The number of carbonyl (C=O) groups excluding carboxylic acids is 3. The van der Waals surface area contributed by atoms with Crippen molar-refractivity contribution < 1.29 is 28.6 Å². The first-order chi connectivity index (χ1) is 38.0. The highest BCUT2D eigenvalue weighted by molar-refractivity contribution is 5.71. The Hall–Kier alpha value is -3.93. The average molecular weight is 1070 g/mol. The van der Waals surface area contributed by atoms with Crippen molar-refractivity contribution in [1.82, 2.24) is 0 Å². The van der Waals surface area contributed by atoms with Gasteiger partial charge in [0.1, 0.15) is 13.2 Å². The van der Waals surface area contributed by atoms with E-state index in [1.54, 1.807) is 0 Å². The molecule has 1 atom stereocenters. The molecule has 0 aromatic heterocycles. The van der Waals surface area contributed by atoms with E-state index in [1.165, 1.54) is 141 Å². The van der Waals surface area contributed by atoms with Crippen LogP contribution in [0, 0.1) is 0 Å².